The fourth-order valence-corrected chi connectivity index (χ4v) is 3.90. The molecule has 2 aliphatic rings. The molecular weight excluding hydrogens is 286 g/mol. The van der Waals surface area contributed by atoms with Gasteiger partial charge in [-0.3, -0.25) is 4.79 Å². The third-order valence-corrected chi connectivity index (χ3v) is 5.41. The number of nitrogens with one attached hydrogen (secondary N) is 1. The highest BCUT2D eigenvalue weighted by molar-refractivity contribution is 5.79. The molecule has 23 heavy (non-hydrogen) atoms. The Kier molecular flexibility index (Phi) is 5.16. The number of aryl methyl sites for hydroxylation is 1. The maximum Gasteiger partial charge on any atom is 0.223 e. The maximum atomic E-state index is 12.5. The van der Waals surface area contributed by atoms with Crippen LogP contribution in [0.15, 0.2) is 36.4 Å². The van der Waals surface area contributed by atoms with Gasteiger partial charge >= 0.3 is 0 Å². The molecule has 3 heteroatoms. The summed E-state index contributed by atoms with van der Waals surface area (Å²) in [6, 6.07) is 8.57. The first-order valence-corrected chi connectivity index (χ1v) is 8.78. The van der Waals surface area contributed by atoms with E-state index in [1.807, 2.05) is 0 Å². The summed E-state index contributed by atoms with van der Waals surface area (Å²) in [5.74, 6) is 0.363. The molecule has 0 bridgehead atoms. The number of ether oxygens (including phenoxy) is 1. The van der Waals surface area contributed by atoms with Crippen LogP contribution in [0.3, 0.4) is 0 Å². The molecule has 1 aliphatic carbocycles. The number of amides is 1. The first-order chi connectivity index (χ1) is 11.2. The smallest absolute Gasteiger partial charge is 0.223 e. The molecule has 0 radical (unpaired) electrons. The zero-order chi connectivity index (χ0) is 16.1. The molecule has 124 valence electrons. The van der Waals surface area contributed by atoms with Gasteiger partial charge in [-0.25, -0.2) is 0 Å². The number of carbonyl (C=O) groups excluding carboxylic acids is 1. The van der Waals surface area contributed by atoms with Crippen molar-refractivity contribution in [1.29, 1.82) is 0 Å². The average Bonchev–Trinajstić information content (AvgIpc) is 2.61. The van der Waals surface area contributed by atoms with Crippen LogP contribution in [0.5, 0.6) is 0 Å². The van der Waals surface area contributed by atoms with Gasteiger partial charge in [-0.15, -0.1) is 0 Å². The van der Waals surface area contributed by atoms with Crippen LogP contribution in [-0.2, 0) is 14.9 Å². The Morgan fingerprint density at radius 2 is 2.04 bits per heavy atom. The maximum absolute atomic E-state index is 12.5. The fraction of sp³-hybridized carbons (Fsp3) is 0.550. The fourth-order valence-electron chi connectivity index (χ4n) is 3.90. The molecule has 1 aromatic rings. The largest absolute Gasteiger partial charge is 0.381 e. The van der Waals surface area contributed by atoms with E-state index in [9.17, 15) is 4.79 Å². The van der Waals surface area contributed by atoms with Crippen LogP contribution in [0.25, 0.3) is 0 Å². The normalized spacial score (nSPS) is 23.4. The van der Waals surface area contributed by atoms with E-state index in [0.29, 0.717) is 0 Å². The predicted octanol–water partition coefficient (Wildman–Crippen LogP) is 3.52. The van der Waals surface area contributed by atoms with Gasteiger partial charge in [0.15, 0.2) is 0 Å². The second-order valence-corrected chi connectivity index (χ2v) is 6.91. The lowest BCUT2D eigenvalue weighted by molar-refractivity contribution is -0.125. The lowest BCUT2D eigenvalue weighted by Crippen LogP contribution is -2.46. The SMILES string of the molecule is Cc1ccccc1C1(CNC(=O)C2CC=CCC2)CCOCC1. The highest BCUT2D eigenvalue weighted by atomic mass is 16.5. The van der Waals surface area contributed by atoms with Gasteiger partial charge in [0, 0.05) is 31.1 Å². The topological polar surface area (TPSA) is 38.3 Å². The molecule has 3 nitrogen and oxygen atoms in total. The molecule has 3 rings (SSSR count). The van der Waals surface area contributed by atoms with Crippen molar-refractivity contribution < 1.29 is 9.53 Å². The summed E-state index contributed by atoms with van der Waals surface area (Å²) in [5.41, 5.74) is 2.69. The van der Waals surface area contributed by atoms with Crippen molar-refractivity contribution in [3.05, 3.63) is 47.5 Å². The Bertz CT molecular complexity index is 573. The van der Waals surface area contributed by atoms with E-state index in [-0.39, 0.29) is 17.2 Å². The highest BCUT2D eigenvalue weighted by Crippen LogP contribution is 2.36. The second kappa shape index (κ2) is 7.31. The molecule has 1 fully saturated rings. The number of rotatable bonds is 4. The molecule has 1 atom stereocenters. The summed E-state index contributed by atoms with van der Waals surface area (Å²) in [7, 11) is 0. The van der Waals surface area contributed by atoms with Crippen molar-refractivity contribution in [2.24, 2.45) is 5.92 Å². The lowest BCUT2D eigenvalue weighted by Gasteiger charge is -2.39. The van der Waals surface area contributed by atoms with Crippen molar-refractivity contribution in [2.75, 3.05) is 19.8 Å². The van der Waals surface area contributed by atoms with Crippen LogP contribution in [-0.4, -0.2) is 25.7 Å². The molecular formula is C20H27NO2. The Labute approximate surface area is 139 Å². The van der Waals surface area contributed by atoms with Crippen LogP contribution in [0.2, 0.25) is 0 Å². The van der Waals surface area contributed by atoms with E-state index in [0.717, 1.165) is 51.9 Å². The number of carbonyl (C=O) groups is 1. The minimum Gasteiger partial charge on any atom is -0.381 e. The molecule has 1 saturated heterocycles. The molecule has 1 aliphatic heterocycles. The van der Waals surface area contributed by atoms with Gasteiger partial charge in [0.2, 0.25) is 5.91 Å². The minimum atomic E-state index is 0.0176. The Morgan fingerprint density at radius 3 is 2.74 bits per heavy atom. The van der Waals surface area contributed by atoms with Gasteiger partial charge in [-0.2, -0.15) is 0 Å². The summed E-state index contributed by atoms with van der Waals surface area (Å²) < 4.78 is 5.59. The third-order valence-electron chi connectivity index (χ3n) is 5.41. The Balaban J connectivity index is 1.73. The van der Waals surface area contributed by atoms with Crippen molar-refractivity contribution in [3.8, 4) is 0 Å². The molecule has 0 saturated carbocycles. The number of allylic oxidation sites excluding steroid dienone is 2. The summed E-state index contributed by atoms with van der Waals surface area (Å²) >= 11 is 0. The molecule has 1 N–H and O–H groups in total. The lowest BCUT2D eigenvalue weighted by atomic mass is 9.72. The van der Waals surface area contributed by atoms with Gasteiger partial charge in [-0.1, -0.05) is 36.4 Å². The van der Waals surface area contributed by atoms with Crippen LogP contribution in [0.4, 0.5) is 0 Å². The first kappa shape index (κ1) is 16.3. The third kappa shape index (κ3) is 3.66. The monoisotopic (exact) mass is 313 g/mol. The van der Waals surface area contributed by atoms with Gasteiger partial charge in [0.25, 0.3) is 0 Å². The standard InChI is InChI=1S/C20H27NO2/c1-16-7-5-6-10-18(16)20(11-13-23-14-12-20)15-21-19(22)17-8-3-2-4-9-17/h2-3,5-7,10,17H,4,8-9,11-15H2,1H3,(H,21,22). The van der Waals surface area contributed by atoms with Crippen molar-refractivity contribution in [3.63, 3.8) is 0 Å². The van der Waals surface area contributed by atoms with Gasteiger partial charge in [0.05, 0.1) is 0 Å². The molecule has 1 aromatic carbocycles. The molecule has 1 heterocycles. The van der Waals surface area contributed by atoms with E-state index in [2.05, 4.69) is 48.7 Å². The number of hydrogen-bond donors (Lipinski definition) is 1. The quantitative estimate of drug-likeness (QED) is 0.864. The summed E-state index contributed by atoms with van der Waals surface area (Å²) in [6.45, 7) is 4.44. The summed E-state index contributed by atoms with van der Waals surface area (Å²) in [6.07, 6.45) is 9.14. The van der Waals surface area contributed by atoms with Gasteiger partial charge < -0.3 is 10.1 Å². The zero-order valence-corrected chi connectivity index (χ0v) is 14.0. The van der Waals surface area contributed by atoms with E-state index in [4.69, 9.17) is 4.74 Å². The average molecular weight is 313 g/mol. The summed E-state index contributed by atoms with van der Waals surface area (Å²) in [5, 5.41) is 3.26. The first-order valence-electron chi connectivity index (χ1n) is 8.78. The van der Waals surface area contributed by atoms with Crippen molar-refractivity contribution >= 4 is 5.91 Å². The molecule has 0 spiro atoms. The second-order valence-electron chi connectivity index (χ2n) is 6.91. The molecule has 0 aromatic heterocycles. The van der Waals surface area contributed by atoms with E-state index >= 15 is 0 Å². The van der Waals surface area contributed by atoms with Crippen LogP contribution < -0.4 is 5.32 Å². The zero-order valence-electron chi connectivity index (χ0n) is 14.0. The molecule has 1 unspecified atom stereocenters. The van der Waals surface area contributed by atoms with Crippen molar-refractivity contribution in [2.45, 2.75) is 44.4 Å². The number of benzene rings is 1. The van der Waals surface area contributed by atoms with Crippen LogP contribution in [0.1, 0.15) is 43.2 Å². The Hall–Kier alpha value is -1.61. The van der Waals surface area contributed by atoms with Crippen molar-refractivity contribution in [1.82, 2.24) is 5.32 Å². The van der Waals surface area contributed by atoms with E-state index in [1.54, 1.807) is 0 Å². The Morgan fingerprint density at radius 1 is 1.26 bits per heavy atom. The predicted molar refractivity (Wildman–Crippen MR) is 92.4 cm³/mol. The van der Waals surface area contributed by atoms with Crippen LogP contribution in [0, 0.1) is 12.8 Å². The van der Waals surface area contributed by atoms with Gasteiger partial charge in [0.1, 0.15) is 0 Å². The summed E-state index contributed by atoms with van der Waals surface area (Å²) in [4.78, 5) is 12.5. The van der Waals surface area contributed by atoms with E-state index in [1.165, 1.54) is 11.1 Å². The van der Waals surface area contributed by atoms with E-state index < -0.39 is 0 Å². The number of hydrogen-bond acceptors (Lipinski definition) is 2. The minimum absolute atomic E-state index is 0.0176. The van der Waals surface area contributed by atoms with Crippen LogP contribution >= 0.6 is 0 Å². The molecule has 1 amide bonds. The highest BCUT2D eigenvalue weighted by Gasteiger charge is 2.36. The van der Waals surface area contributed by atoms with Gasteiger partial charge in [-0.05, 0) is 50.2 Å².